The van der Waals surface area contributed by atoms with Gasteiger partial charge in [-0.15, -0.1) is 0 Å². The zero-order valence-corrected chi connectivity index (χ0v) is 18.3. The molecule has 2 aromatic carbocycles. The van der Waals surface area contributed by atoms with E-state index in [4.69, 9.17) is 0 Å². The highest BCUT2D eigenvalue weighted by Crippen LogP contribution is 2.49. The molecule has 0 spiro atoms. The molecule has 3 aromatic rings. The molecule has 7 heteroatoms. The number of para-hydroxylation sites is 1. The molecule has 0 aliphatic heterocycles. The molecule has 1 fully saturated rings. The molecule has 0 atom stereocenters. The van der Waals surface area contributed by atoms with Gasteiger partial charge >= 0.3 is 0 Å². The smallest absolute Gasteiger partial charge is 0.272 e. The number of carbonyl (C=O) groups excluding carboxylic acids is 2. The Morgan fingerprint density at radius 2 is 1.70 bits per heavy atom. The summed E-state index contributed by atoms with van der Waals surface area (Å²) in [7, 11) is 0. The predicted molar refractivity (Wildman–Crippen MR) is 122 cm³/mol. The number of anilines is 2. The van der Waals surface area contributed by atoms with Crippen LogP contribution in [0.5, 0.6) is 0 Å². The van der Waals surface area contributed by atoms with Crippen LogP contribution in [0.3, 0.4) is 0 Å². The molecule has 4 rings (SSSR count). The topological polar surface area (TPSA) is 71.1 Å². The number of nitrogens with zero attached hydrogens (tertiary/aromatic N) is 1. The Kier molecular flexibility index (Phi) is 6.22. The summed E-state index contributed by atoms with van der Waals surface area (Å²) in [5.74, 6) is -3.21. The number of pyridine rings is 1. The quantitative estimate of drug-likeness (QED) is 0.417. The second kappa shape index (κ2) is 9.10. The summed E-state index contributed by atoms with van der Waals surface area (Å²) >= 11 is 0. The summed E-state index contributed by atoms with van der Waals surface area (Å²) in [4.78, 5) is 29.3. The van der Waals surface area contributed by atoms with Gasteiger partial charge in [-0.3, -0.25) is 14.6 Å². The van der Waals surface area contributed by atoms with E-state index >= 15 is 0 Å². The largest absolute Gasteiger partial charge is 0.355 e. The number of Topliss-reactive ketones (excluding diaryl/α,β-unsaturated/α-hetero) is 1. The molecule has 0 bridgehead atoms. The Balaban J connectivity index is 1.34. The summed E-state index contributed by atoms with van der Waals surface area (Å²) in [5.41, 5.74) is 1.54. The standard InChI is InChI=1S/C26H25F2N3O2/c1-25(27,28)20-6-2-3-7-21(20)31-19-11-9-18(10-12-19)17-30-24(33)26(13-14-26)16-23(32)22-8-4-5-15-29-22/h2-12,15,31H,13-14,16-17H2,1H3,(H,30,33). The van der Waals surface area contributed by atoms with Gasteiger partial charge in [0, 0.05) is 43.0 Å². The maximum atomic E-state index is 13.8. The van der Waals surface area contributed by atoms with Crippen LogP contribution in [0.4, 0.5) is 20.2 Å². The van der Waals surface area contributed by atoms with Gasteiger partial charge in [0.25, 0.3) is 5.92 Å². The molecule has 0 unspecified atom stereocenters. The first kappa shape index (κ1) is 22.6. The molecule has 1 aliphatic carbocycles. The van der Waals surface area contributed by atoms with Crippen molar-refractivity contribution in [2.75, 3.05) is 5.32 Å². The van der Waals surface area contributed by atoms with E-state index in [-0.39, 0.29) is 23.7 Å². The number of hydrogen-bond acceptors (Lipinski definition) is 4. The first-order chi connectivity index (χ1) is 15.8. The van der Waals surface area contributed by atoms with Crippen LogP contribution in [0.2, 0.25) is 0 Å². The lowest BCUT2D eigenvalue weighted by Crippen LogP contribution is -2.33. The summed E-state index contributed by atoms with van der Waals surface area (Å²) < 4.78 is 27.7. The molecule has 170 valence electrons. The molecular formula is C26H25F2N3O2. The molecule has 2 N–H and O–H groups in total. The number of aromatic nitrogens is 1. The van der Waals surface area contributed by atoms with E-state index < -0.39 is 11.3 Å². The second-order valence-corrected chi connectivity index (χ2v) is 8.53. The highest BCUT2D eigenvalue weighted by molar-refractivity contribution is 5.99. The molecule has 1 aliphatic rings. The van der Waals surface area contributed by atoms with Gasteiger partial charge < -0.3 is 10.6 Å². The van der Waals surface area contributed by atoms with Gasteiger partial charge in [0.2, 0.25) is 5.91 Å². The fraction of sp³-hybridized carbons (Fsp3) is 0.269. The maximum absolute atomic E-state index is 13.8. The Hall–Kier alpha value is -3.61. The number of halogens is 2. The summed E-state index contributed by atoms with van der Waals surface area (Å²) in [6.45, 7) is 1.19. The number of benzene rings is 2. The Labute approximate surface area is 191 Å². The molecule has 1 saturated carbocycles. The predicted octanol–water partition coefficient (Wildman–Crippen LogP) is 5.61. The highest BCUT2D eigenvalue weighted by Gasteiger charge is 2.51. The summed E-state index contributed by atoms with van der Waals surface area (Å²) in [5, 5.41) is 5.96. The number of amides is 1. The average molecular weight is 450 g/mol. The first-order valence-electron chi connectivity index (χ1n) is 10.8. The number of carbonyl (C=O) groups is 2. The van der Waals surface area contributed by atoms with Crippen LogP contribution in [0.1, 0.15) is 47.8 Å². The minimum Gasteiger partial charge on any atom is -0.355 e. The van der Waals surface area contributed by atoms with Crippen LogP contribution in [0, 0.1) is 5.41 Å². The molecule has 5 nitrogen and oxygen atoms in total. The van der Waals surface area contributed by atoms with Crippen molar-refractivity contribution in [3.63, 3.8) is 0 Å². The van der Waals surface area contributed by atoms with E-state index in [1.165, 1.54) is 6.07 Å². The molecule has 1 amide bonds. The van der Waals surface area contributed by atoms with Crippen molar-refractivity contribution in [1.29, 1.82) is 0 Å². The monoisotopic (exact) mass is 449 g/mol. The number of hydrogen-bond donors (Lipinski definition) is 2. The van der Waals surface area contributed by atoms with Gasteiger partial charge in [0.1, 0.15) is 5.69 Å². The van der Waals surface area contributed by atoms with E-state index in [0.29, 0.717) is 36.5 Å². The molecule has 1 heterocycles. The Morgan fingerprint density at radius 3 is 2.33 bits per heavy atom. The van der Waals surface area contributed by atoms with Gasteiger partial charge in [-0.25, -0.2) is 8.78 Å². The number of rotatable bonds is 9. The van der Waals surface area contributed by atoms with Crippen LogP contribution < -0.4 is 10.6 Å². The minimum absolute atomic E-state index is 0.0729. The van der Waals surface area contributed by atoms with Gasteiger partial charge in [0.15, 0.2) is 5.78 Å². The number of nitrogens with one attached hydrogen (secondary N) is 2. The molecule has 0 saturated heterocycles. The van der Waals surface area contributed by atoms with Gasteiger partial charge in [0.05, 0.1) is 5.41 Å². The van der Waals surface area contributed by atoms with E-state index in [1.54, 1.807) is 54.7 Å². The third-order valence-electron chi connectivity index (χ3n) is 5.87. The van der Waals surface area contributed by atoms with Crippen molar-refractivity contribution in [1.82, 2.24) is 10.3 Å². The van der Waals surface area contributed by atoms with Crippen molar-refractivity contribution >= 4 is 23.1 Å². The van der Waals surface area contributed by atoms with Crippen molar-refractivity contribution < 1.29 is 18.4 Å². The van der Waals surface area contributed by atoms with Crippen LogP contribution in [-0.2, 0) is 17.3 Å². The van der Waals surface area contributed by atoms with E-state index in [1.807, 2.05) is 12.1 Å². The van der Waals surface area contributed by atoms with E-state index in [9.17, 15) is 18.4 Å². The lowest BCUT2D eigenvalue weighted by molar-refractivity contribution is -0.126. The van der Waals surface area contributed by atoms with Gasteiger partial charge in [-0.2, -0.15) is 0 Å². The van der Waals surface area contributed by atoms with Crippen molar-refractivity contribution in [3.8, 4) is 0 Å². The molecule has 0 radical (unpaired) electrons. The molecular weight excluding hydrogens is 424 g/mol. The van der Waals surface area contributed by atoms with Gasteiger partial charge in [-0.1, -0.05) is 36.4 Å². The van der Waals surface area contributed by atoms with Crippen molar-refractivity contribution in [3.05, 3.63) is 89.7 Å². The number of ketones is 1. The van der Waals surface area contributed by atoms with Gasteiger partial charge in [-0.05, 0) is 48.7 Å². The zero-order valence-electron chi connectivity index (χ0n) is 18.3. The SMILES string of the molecule is CC(F)(F)c1ccccc1Nc1ccc(CNC(=O)C2(CC(=O)c3ccccn3)CC2)cc1. The Morgan fingerprint density at radius 1 is 1.00 bits per heavy atom. The highest BCUT2D eigenvalue weighted by atomic mass is 19.3. The first-order valence-corrected chi connectivity index (χ1v) is 10.8. The summed E-state index contributed by atoms with van der Waals surface area (Å²) in [6, 6.07) is 18.7. The van der Waals surface area contributed by atoms with Crippen LogP contribution >= 0.6 is 0 Å². The fourth-order valence-corrected chi connectivity index (χ4v) is 3.77. The maximum Gasteiger partial charge on any atom is 0.272 e. The minimum atomic E-state index is -2.95. The normalized spacial score (nSPS) is 14.4. The third kappa shape index (κ3) is 5.42. The van der Waals surface area contributed by atoms with Crippen LogP contribution in [0.15, 0.2) is 72.9 Å². The molecule has 33 heavy (non-hydrogen) atoms. The lowest BCUT2D eigenvalue weighted by atomic mass is 9.96. The fourth-order valence-electron chi connectivity index (χ4n) is 3.77. The Bertz CT molecular complexity index is 1140. The average Bonchev–Trinajstić information content (AvgIpc) is 3.59. The summed E-state index contributed by atoms with van der Waals surface area (Å²) in [6.07, 6.45) is 3.08. The van der Waals surface area contributed by atoms with Crippen molar-refractivity contribution in [2.24, 2.45) is 5.41 Å². The van der Waals surface area contributed by atoms with Crippen LogP contribution in [0.25, 0.3) is 0 Å². The zero-order chi connectivity index (χ0) is 23.5. The van der Waals surface area contributed by atoms with E-state index in [0.717, 1.165) is 12.5 Å². The van der Waals surface area contributed by atoms with E-state index in [2.05, 4.69) is 15.6 Å². The second-order valence-electron chi connectivity index (χ2n) is 8.53. The lowest BCUT2D eigenvalue weighted by Gasteiger charge is -2.17. The van der Waals surface area contributed by atoms with Crippen molar-refractivity contribution in [2.45, 2.75) is 38.7 Å². The molecule has 1 aromatic heterocycles. The van der Waals surface area contributed by atoms with Crippen LogP contribution in [-0.4, -0.2) is 16.7 Å². The number of alkyl halides is 2. The third-order valence-corrected chi connectivity index (χ3v) is 5.87.